The molecule has 1 N–H and O–H groups in total. The van der Waals surface area contributed by atoms with Crippen LogP contribution in [0, 0.1) is 5.92 Å². The van der Waals surface area contributed by atoms with Crippen LogP contribution >= 0.6 is 0 Å². The van der Waals surface area contributed by atoms with Crippen molar-refractivity contribution in [3.63, 3.8) is 0 Å². The summed E-state index contributed by atoms with van der Waals surface area (Å²) < 4.78 is 28.0. The van der Waals surface area contributed by atoms with E-state index >= 15 is 0 Å². The lowest BCUT2D eigenvalue weighted by Gasteiger charge is -2.31. The minimum Gasteiger partial charge on any atom is -0.383 e. The molecule has 0 atom stereocenters. The van der Waals surface area contributed by atoms with Gasteiger partial charge in [-0.05, 0) is 97.5 Å². The van der Waals surface area contributed by atoms with E-state index in [2.05, 4.69) is 10.2 Å². The van der Waals surface area contributed by atoms with Crippen molar-refractivity contribution in [3.8, 4) is 5.75 Å². The van der Waals surface area contributed by atoms with E-state index < -0.39 is 10.1 Å². The number of nitrogens with zero attached hydrogens (tertiary/aromatic N) is 1. The number of carbonyl (C=O) groups excluding carboxylic acids is 1. The average Bonchev–Trinajstić information content (AvgIpc) is 3.09. The smallest absolute Gasteiger partial charge is 0.306 e. The fraction of sp³-hybridized carbons (Fsp3) is 0.433. The van der Waals surface area contributed by atoms with E-state index in [-0.39, 0.29) is 11.9 Å². The molecule has 1 aliphatic carbocycles. The predicted octanol–water partition coefficient (Wildman–Crippen LogP) is 4.96. The highest BCUT2D eigenvalue weighted by Crippen LogP contribution is 2.29. The summed E-state index contributed by atoms with van der Waals surface area (Å²) in [5.41, 5.74) is 3.23. The molecule has 37 heavy (non-hydrogen) atoms. The third-order valence-electron chi connectivity index (χ3n) is 7.89. The van der Waals surface area contributed by atoms with Crippen molar-refractivity contribution in [2.24, 2.45) is 5.92 Å². The van der Waals surface area contributed by atoms with Gasteiger partial charge in [0.25, 0.3) is 5.91 Å². The van der Waals surface area contributed by atoms with E-state index in [9.17, 15) is 13.2 Å². The van der Waals surface area contributed by atoms with Gasteiger partial charge in [0.15, 0.2) is 0 Å². The Balaban J connectivity index is 1.07. The molecule has 5 rings (SSSR count). The van der Waals surface area contributed by atoms with Crippen molar-refractivity contribution in [1.29, 1.82) is 0 Å². The second-order valence-electron chi connectivity index (χ2n) is 10.6. The highest BCUT2D eigenvalue weighted by Gasteiger charge is 2.24. The monoisotopic (exact) mass is 520 g/mol. The van der Waals surface area contributed by atoms with Crippen LogP contribution in [-0.2, 0) is 23.0 Å². The maximum atomic E-state index is 13.0. The molecule has 1 amide bonds. The zero-order chi connectivity index (χ0) is 25.8. The Hall–Kier alpha value is -2.90. The average molecular weight is 521 g/mol. The first-order valence-electron chi connectivity index (χ1n) is 13.4. The van der Waals surface area contributed by atoms with Crippen LogP contribution in [0.4, 0.5) is 0 Å². The first-order chi connectivity index (χ1) is 17.8. The lowest BCUT2D eigenvalue weighted by Crippen LogP contribution is -2.38. The molecule has 2 aliphatic rings. The first kappa shape index (κ1) is 25.7. The van der Waals surface area contributed by atoms with E-state index in [1.807, 2.05) is 54.6 Å². The molecule has 1 fully saturated rings. The van der Waals surface area contributed by atoms with Crippen LogP contribution in [0.15, 0.2) is 60.7 Å². The lowest BCUT2D eigenvalue weighted by atomic mass is 9.84. The summed E-state index contributed by atoms with van der Waals surface area (Å²) in [6, 6.07) is 19.9. The molecule has 7 heteroatoms. The van der Waals surface area contributed by atoms with Crippen LogP contribution in [-0.4, -0.2) is 51.2 Å². The number of amides is 1. The molecule has 1 heterocycles. The van der Waals surface area contributed by atoms with E-state index in [1.165, 1.54) is 17.5 Å². The largest absolute Gasteiger partial charge is 0.383 e. The molecule has 0 bridgehead atoms. The fourth-order valence-electron chi connectivity index (χ4n) is 5.85. The third kappa shape index (κ3) is 6.70. The summed E-state index contributed by atoms with van der Waals surface area (Å²) in [7, 11) is -3.51. The van der Waals surface area contributed by atoms with Gasteiger partial charge in [0.2, 0.25) is 0 Å². The number of nitrogens with one attached hydrogen (secondary N) is 1. The Morgan fingerprint density at radius 1 is 0.946 bits per heavy atom. The zero-order valence-corrected chi connectivity index (χ0v) is 22.3. The maximum absolute atomic E-state index is 13.0. The molecule has 0 spiro atoms. The summed E-state index contributed by atoms with van der Waals surface area (Å²) in [6.07, 6.45) is 8.52. The van der Waals surface area contributed by atoms with Crippen LogP contribution in [0.5, 0.6) is 5.75 Å². The van der Waals surface area contributed by atoms with Crippen molar-refractivity contribution in [3.05, 3.63) is 77.4 Å². The molecule has 1 saturated carbocycles. The van der Waals surface area contributed by atoms with Crippen LogP contribution in [0.1, 0.15) is 53.6 Å². The Labute approximate surface area is 220 Å². The van der Waals surface area contributed by atoms with Crippen LogP contribution in [0.2, 0.25) is 0 Å². The van der Waals surface area contributed by atoms with E-state index in [1.54, 1.807) is 6.07 Å². The van der Waals surface area contributed by atoms with Gasteiger partial charge in [-0.2, -0.15) is 8.42 Å². The quantitative estimate of drug-likeness (QED) is 0.446. The van der Waals surface area contributed by atoms with Gasteiger partial charge in [-0.1, -0.05) is 42.5 Å². The first-order valence-corrected chi connectivity index (χ1v) is 15.2. The molecule has 0 aromatic heterocycles. The molecule has 6 nitrogen and oxygen atoms in total. The minimum absolute atomic E-state index is 0.0366. The number of rotatable bonds is 7. The fourth-order valence-corrected chi connectivity index (χ4v) is 6.30. The molecule has 3 aromatic carbocycles. The number of carbonyl (C=O) groups is 1. The summed E-state index contributed by atoms with van der Waals surface area (Å²) in [5, 5.41) is 5.40. The van der Waals surface area contributed by atoms with Gasteiger partial charge < -0.3 is 14.4 Å². The number of fused-ring (bicyclic) bond motifs is 2. The predicted molar refractivity (Wildman–Crippen MR) is 148 cm³/mol. The zero-order valence-electron chi connectivity index (χ0n) is 21.5. The van der Waals surface area contributed by atoms with Gasteiger partial charge in [0.05, 0.1) is 6.26 Å². The summed E-state index contributed by atoms with van der Waals surface area (Å²) in [6.45, 7) is 3.08. The Kier molecular flexibility index (Phi) is 7.81. The molecule has 3 aromatic rings. The van der Waals surface area contributed by atoms with Gasteiger partial charge in [-0.25, -0.2) is 0 Å². The Morgan fingerprint density at radius 3 is 2.46 bits per heavy atom. The van der Waals surface area contributed by atoms with Gasteiger partial charge in [0, 0.05) is 24.7 Å². The standard InChI is InChI=1S/C30H36N2O4S/c1-37(34,35)36-27-14-11-23-16-19-32(20-17-25(23)21-27)18-15-22-9-12-26(13-10-22)31-30(33)29-8-4-6-24-5-2-3-7-28(24)29/h2-8,11,14,21-22,26H,9-10,12-13,15-20H2,1H3,(H,31,33). The van der Waals surface area contributed by atoms with Crippen LogP contribution in [0.25, 0.3) is 10.8 Å². The second-order valence-corrected chi connectivity index (χ2v) is 12.1. The van der Waals surface area contributed by atoms with Crippen molar-refractivity contribution in [2.75, 3.05) is 25.9 Å². The molecule has 196 valence electrons. The minimum atomic E-state index is -3.51. The van der Waals surface area contributed by atoms with E-state index in [0.29, 0.717) is 11.7 Å². The highest BCUT2D eigenvalue weighted by atomic mass is 32.2. The second kappa shape index (κ2) is 11.2. The number of benzene rings is 3. The third-order valence-corrected chi connectivity index (χ3v) is 8.39. The van der Waals surface area contributed by atoms with Gasteiger partial charge in [-0.15, -0.1) is 0 Å². The van der Waals surface area contributed by atoms with Crippen LogP contribution < -0.4 is 9.50 Å². The molecule has 0 unspecified atom stereocenters. The number of hydrogen-bond acceptors (Lipinski definition) is 5. The topological polar surface area (TPSA) is 75.7 Å². The molecular formula is C30H36N2O4S. The Bertz CT molecular complexity index is 1360. The summed E-state index contributed by atoms with van der Waals surface area (Å²) in [4.78, 5) is 15.5. The highest BCUT2D eigenvalue weighted by molar-refractivity contribution is 7.86. The molecule has 0 saturated heterocycles. The molecule has 1 aliphatic heterocycles. The number of hydrogen-bond donors (Lipinski definition) is 1. The molecular weight excluding hydrogens is 484 g/mol. The normalized spacial score (nSPS) is 20.7. The van der Waals surface area contributed by atoms with Gasteiger partial charge in [0.1, 0.15) is 5.75 Å². The maximum Gasteiger partial charge on any atom is 0.306 e. The Morgan fingerprint density at radius 2 is 1.68 bits per heavy atom. The van der Waals surface area contributed by atoms with Gasteiger partial charge in [-0.3, -0.25) is 4.79 Å². The lowest BCUT2D eigenvalue weighted by molar-refractivity contribution is 0.0921. The van der Waals surface area contributed by atoms with Crippen molar-refractivity contribution < 1.29 is 17.4 Å². The van der Waals surface area contributed by atoms with Crippen LogP contribution in [0.3, 0.4) is 0 Å². The summed E-state index contributed by atoms with van der Waals surface area (Å²) >= 11 is 0. The van der Waals surface area contributed by atoms with Crippen molar-refractivity contribution in [1.82, 2.24) is 10.2 Å². The van der Waals surface area contributed by atoms with Crippen molar-refractivity contribution in [2.45, 2.75) is 51.0 Å². The SMILES string of the molecule is CS(=O)(=O)Oc1ccc2c(c1)CCN(CCC1CCC(NC(=O)c3cccc4ccccc34)CC1)CC2. The van der Waals surface area contributed by atoms with E-state index in [0.717, 1.165) is 80.8 Å². The van der Waals surface area contributed by atoms with Crippen molar-refractivity contribution >= 4 is 26.8 Å². The molecule has 0 radical (unpaired) electrons. The van der Waals surface area contributed by atoms with E-state index in [4.69, 9.17) is 4.18 Å². The van der Waals surface area contributed by atoms with Gasteiger partial charge >= 0.3 is 10.1 Å². The summed E-state index contributed by atoms with van der Waals surface area (Å²) in [5.74, 6) is 1.14.